The maximum atomic E-state index is 15.1. The van der Waals surface area contributed by atoms with Gasteiger partial charge in [-0.1, -0.05) is 13.0 Å². The van der Waals surface area contributed by atoms with Gasteiger partial charge >= 0.3 is 0 Å². The molecule has 5 N–H and O–H groups in total. The van der Waals surface area contributed by atoms with Gasteiger partial charge in [0.15, 0.2) is 11.8 Å². The van der Waals surface area contributed by atoms with Crippen molar-refractivity contribution in [2.24, 2.45) is 22.6 Å². The second-order valence-corrected chi connectivity index (χ2v) is 10.4. The van der Waals surface area contributed by atoms with Gasteiger partial charge in [0.05, 0.1) is 17.4 Å². The van der Waals surface area contributed by atoms with Crippen molar-refractivity contribution in [3.8, 4) is 0 Å². The van der Waals surface area contributed by atoms with Crippen molar-refractivity contribution in [3.05, 3.63) is 37.2 Å². The maximum Gasteiger partial charge on any atom is 0.199 e. The highest BCUT2D eigenvalue weighted by Crippen LogP contribution is 2.43. The number of imidazole rings is 1. The number of nitrogens with zero attached hydrogens (tertiary/aromatic N) is 6. The minimum absolute atomic E-state index is 0.0951. The van der Waals surface area contributed by atoms with Gasteiger partial charge in [-0.25, -0.2) is 19.3 Å². The molecule has 0 spiro atoms. The molecule has 3 aromatic heterocycles. The first kappa shape index (κ1) is 25.2. The summed E-state index contributed by atoms with van der Waals surface area (Å²) in [5.74, 6) is 2.31. The van der Waals surface area contributed by atoms with Gasteiger partial charge in [-0.05, 0) is 56.9 Å². The third kappa shape index (κ3) is 5.04. The fourth-order valence-electron chi connectivity index (χ4n) is 6.02. The molecule has 4 heterocycles. The number of aliphatic imine (C=N–C) groups is 1. The van der Waals surface area contributed by atoms with E-state index < -0.39 is 6.17 Å². The Kier molecular flexibility index (Phi) is 7.14. The monoisotopic (exact) mass is 509 g/mol. The lowest BCUT2D eigenvalue weighted by Gasteiger charge is -2.21. The highest BCUT2D eigenvalue weighted by molar-refractivity contribution is 5.93. The Labute approximate surface area is 216 Å². The van der Waals surface area contributed by atoms with E-state index >= 15 is 4.39 Å². The van der Waals surface area contributed by atoms with Gasteiger partial charge in [-0.3, -0.25) is 0 Å². The first-order valence-electron chi connectivity index (χ1n) is 12.9. The summed E-state index contributed by atoms with van der Waals surface area (Å²) in [4.78, 5) is 17.3. The number of fused-ring (bicyclic) bond motifs is 2. The van der Waals surface area contributed by atoms with E-state index in [4.69, 9.17) is 16.2 Å². The number of ether oxygens (including phenoxy) is 1. The lowest BCUT2D eigenvalue weighted by Crippen LogP contribution is -2.32. The molecular formula is C26H36FN9O. The quantitative estimate of drug-likeness (QED) is 0.374. The second-order valence-electron chi connectivity index (χ2n) is 10.4. The van der Waals surface area contributed by atoms with E-state index in [1.54, 1.807) is 13.4 Å². The fraction of sp³-hybridized carbons (Fsp3) is 0.538. The molecule has 1 saturated carbocycles. The molecule has 1 fully saturated rings. The van der Waals surface area contributed by atoms with Crippen LogP contribution in [0.25, 0.3) is 16.7 Å². The van der Waals surface area contributed by atoms with Crippen LogP contribution in [0.1, 0.15) is 63.2 Å². The third-order valence-corrected chi connectivity index (χ3v) is 7.85. The first-order chi connectivity index (χ1) is 17.9. The maximum absolute atomic E-state index is 15.1. The lowest BCUT2D eigenvalue weighted by atomic mass is 9.90. The van der Waals surface area contributed by atoms with Crippen LogP contribution in [0.5, 0.6) is 0 Å². The Morgan fingerprint density at radius 2 is 2.05 bits per heavy atom. The molecule has 3 unspecified atom stereocenters. The minimum Gasteiger partial charge on any atom is -0.384 e. The predicted octanol–water partition coefficient (Wildman–Crippen LogP) is 4.10. The summed E-state index contributed by atoms with van der Waals surface area (Å²) in [5.41, 5.74) is 14.0. The molecule has 0 saturated heterocycles. The number of alkyl halides is 1. The van der Waals surface area contributed by atoms with E-state index in [-0.39, 0.29) is 12.0 Å². The van der Waals surface area contributed by atoms with Crippen molar-refractivity contribution in [2.45, 2.75) is 63.7 Å². The zero-order chi connectivity index (χ0) is 26.1. The third-order valence-electron chi connectivity index (χ3n) is 7.85. The summed E-state index contributed by atoms with van der Waals surface area (Å²) in [7, 11) is 1.75. The van der Waals surface area contributed by atoms with E-state index in [0.717, 1.165) is 36.7 Å². The van der Waals surface area contributed by atoms with Crippen molar-refractivity contribution in [1.29, 1.82) is 0 Å². The van der Waals surface area contributed by atoms with Gasteiger partial charge in [0.2, 0.25) is 0 Å². The van der Waals surface area contributed by atoms with Gasteiger partial charge in [0.25, 0.3) is 0 Å². The lowest BCUT2D eigenvalue weighted by molar-refractivity contribution is 0.127. The molecule has 0 bridgehead atoms. The number of anilines is 1. The van der Waals surface area contributed by atoms with Crippen molar-refractivity contribution < 1.29 is 9.13 Å². The van der Waals surface area contributed by atoms with E-state index in [2.05, 4.69) is 42.6 Å². The minimum atomic E-state index is -0.912. The van der Waals surface area contributed by atoms with E-state index in [0.29, 0.717) is 60.4 Å². The van der Waals surface area contributed by atoms with Crippen molar-refractivity contribution in [1.82, 2.24) is 29.4 Å². The molecule has 5 rings (SSSR count). The Balaban J connectivity index is 1.17. The summed E-state index contributed by atoms with van der Waals surface area (Å²) in [5, 5.41) is 3.77. The molecular weight excluding hydrogens is 473 g/mol. The average molecular weight is 510 g/mol. The summed E-state index contributed by atoms with van der Waals surface area (Å²) < 4.78 is 24.7. The first-order valence-corrected chi connectivity index (χ1v) is 12.9. The number of methoxy groups -OCH3 is 1. The number of guanidine groups is 1. The standard InChI is InChI=1S/C26H36FN9O/c1-15(36-14-32-22-16(2)33-26(29)34-25(22)36)9-19(27)6-4-5-17-10-20(11-18(17)12-37-3)35-8-7-21-23(28)30-13-31-24(21)35/h7-8,13-15,17-20H,2,4-6,9-12H2,1,3H3,(H2,28,30,31)(H3,29,33,34)/t15?,17-,18?,19+,20?/m0/s1. The van der Waals surface area contributed by atoms with Crippen LogP contribution in [0.2, 0.25) is 0 Å². The second kappa shape index (κ2) is 10.5. The summed E-state index contributed by atoms with van der Waals surface area (Å²) in [6.45, 7) is 6.63. The number of nitrogen functional groups attached to an aromatic ring is 1. The number of hydrogen-bond acceptors (Lipinski definition) is 8. The van der Waals surface area contributed by atoms with Gasteiger partial charge in [0.1, 0.15) is 29.7 Å². The van der Waals surface area contributed by atoms with Crippen LogP contribution in [-0.4, -0.2) is 49.9 Å². The Morgan fingerprint density at radius 3 is 2.86 bits per heavy atom. The normalized spacial score (nSPS) is 23.1. The molecule has 11 heteroatoms. The fourth-order valence-corrected chi connectivity index (χ4v) is 6.02. The molecule has 1 aliphatic heterocycles. The van der Waals surface area contributed by atoms with Gasteiger partial charge in [-0.15, -0.1) is 0 Å². The van der Waals surface area contributed by atoms with Crippen molar-refractivity contribution in [2.75, 3.05) is 19.5 Å². The largest absolute Gasteiger partial charge is 0.384 e. The molecule has 0 amide bonds. The molecule has 198 valence electrons. The molecule has 1 aliphatic carbocycles. The van der Waals surface area contributed by atoms with Crippen LogP contribution in [0.3, 0.4) is 0 Å². The van der Waals surface area contributed by atoms with E-state index in [9.17, 15) is 0 Å². The van der Waals surface area contributed by atoms with Crippen molar-refractivity contribution in [3.63, 3.8) is 0 Å². The van der Waals surface area contributed by atoms with Crippen LogP contribution in [0, 0.1) is 11.8 Å². The predicted molar refractivity (Wildman–Crippen MR) is 143 cm³/mol. The summed E-state index contributed by atoms with van der Waals surface area (Å²) >= 11 is 0. The number of nitrogens with one attached hydrogen (secondary N) is 1. The van der Waals surface area contributed by atoms with Crippen LogP contribution >= 0.6 is 0 Å². The van der Waals surface area contributed by atoms with Gasteiger partial charge in [0, 0.05) is 32.0 Å². The number of aromatic nitrogens is 5. The molecule has 2 aliphatic rings. The molecule has 3 aromatic rings. The van der Waals surface area contributed by atoms with Crippen LogP contribution in [0.15, 0.2) is 36.5 Å². The zero-order valence-corrected chi connectivity index (χ0v) is 21.5. The zero-order valence-electron chi connectivity index (χ0n) is 21.5. The van der Waals surface area contributed by atoms with Gasteiger partial charge in [-0.2, -0.15) is 4.99 Å². The van der Waals surface area contributed by atoms with Crippen LogP contribution < -0.4 is 16.8 Å². The molecule has 5 atom stereocenters. The van der Waals surface area contributed by atoms with Crippen LogP contribution in [-0.2, 0) is 4.74 Å². The average Bonchev–Trinajstić information content (AvgIpc) is 3.57. The molecule has 0 radical (unpaired) electrons. The number of nitrogens with two attached hydrogens (primary N) is 2. The number of halogens is 1. The smallest absolute Gasteiger partial charge is 0.199 e. The molecule has 10 nitrogen and oxygen atoms in total. The molecule has 37 heavy (non-hydrogen) atoms. The Morgan fingerprint density at radius 1 is 1.24 bits per heavy atom. The van der Waals surface area contributed by atoms with Gasteiger partial charge < -0.3 is 30.7 Å². The summed E-state index contributed by atoms with van der Waals surface area (Å²) in [6, 6.07) is 2.21. The number of hydrogen-bond donors (Lipinski definition) is 3. The van der Waals surface area contributed by atoms with E-state index in [1.807, 2.05) is 17.6 Å². The topological polar surface area (TPSA) is 134 Å². The highest BCUT2D eigenvalue weighted by Gasteiger charge is 2.35. The Hall–Kier alpha value is -3.47. The molecule has 0 aromatic carbocycles. The summed E-state index contributed by atoms with van der Waals surface area (Å²) in [6.07, 6.45) is 9.11. The Bertz CT molecular complexity index is 1300. The number of rotatable bonds is 10. The van der Waals surface area contributed by atoms with E-state index in [1.165, 1.54) is 6.33 Å². The van der Waals surface area contributed by atoms with Crippen molar-refractivity contribution >= 4 is 34.3 Å². The SMILES string of the molecule is C=C1NC(N)=Nc2c1ncn2C(C)C[C@H](F)CCC[C@H]1CC(n2ccc3c(N)ncnc32)CC1COC. The van der Waals surface area contributed by atoms with Crippen LogP contribution in [0.4, 0.5) is 16.0 Å². The highest BCUT2D eigenvalue weighted by atomic mass is 19.1.